The van der Waals surface area contributed by atoms with Crippen LogP contribution in [0, 0.1) is 0 Å². The number of aliphatic hydroxyl groups is 2. The van der Waals surface area contributed by atoms with E-state index in [4.69, 9.17) is 0 Å². The zero-order chi connectivity index (χ0) is 28.7. The van der Waals surface area contributed by atoms with Crippen molar-refractivity contribution >= 4 is 5.91 Å². The predicted octanol–water partition coefficient (Wildman–Crippen LogP) is 9.95. The molecule has 0 radical (unpaired) electrons. The number of carbonyl (C=O) groups excluding carboxylic acids is 1. The molecule has 0 fully saturated rings. The van der Waals surface area contributed by atoms with E-state index in [0.29, 0.717) is 6.42 Å². The molecule has 232 valence electrons. The highest BCUT2D eigenvalue weighted by molar-refractivity contribution is 5.76. The summed E-state index contributed by atoms with van der Waals surface area (Å²) in [5.74, 6) is -0.0647. The number of carbonyl (C=O) groups is 1. The van der Waals surface area contributed by atoms with Gasteiger partial charge in [-0.05, 0) is 19.3 Å². The van der Waals surface area contributed by atoms with Crippen molar-refractivity contribution in [3.05, 3.63) is 12.2 Å². The summed E-state index contributed by atoms with van der Waals surface area (Å²) >= 11 is 0. The quantitative estimate of drug-likeness (QED) is 0.0593. The molecule has 0 bridgehead atoms. The van der Waals surface area contributed by atoms with Gasteiger partial charge in [-0.1, -0.05) is 174 Å². The van der Waals surface area contributed by atoms with Crippen LogP contribution in [0.15, 0.2) is 12.2 Å². The molecule has 0 aliphatic heterocycles. The lowest BCUT2D eigenvalue weighted by Gasteiger charge is -2.20. The first-order valence-electron chi connectivity index (χ1n) is 17.4. The van der Waals surface area contributed by atoms with E-state index in [0.717, 1.165) is 25.7 Å². The van der Waals surface area contributed by atoms with Crippen molar-refractivity contribution in [1.29, 1.82) is 0 Å². The standard InChI is InChI=1S/C35H69NO3/c1-3-5-7-9-11-13-15-17-18-19-20-22-24-26-28-30-34(38)33(32-37)36-35(39)31-29-27-25-23-21-16-14-12-10-8-6-4-2/h28,30,33-34,37-38H,3-27,29,31-32H2,1-2H3,(H,36,39)/b30-28+/t33-,34+/m0/s1. The summed E-state index contributed by atoms with van der Waals surface area (Å²) in [7, 11) is 0. The molecule has 0 aromatic carbocycles. The van der Waals surface area contributed by atoms with Gasteiger partial charge >= 0.3 is 0 Å². The van der Waals surface area contributed by atoms with Gasteiger partial charge < -0.3 is 15.5 Å². The van der Waals surface area contributed by atoms with Gasteiger partial charge in [0.2, 0.25) is 5.91 Å². The Bertz CT molecular complexity index is 522. The number of nitrogens with one attached hydrogen (secondary N) is 1. The maximum Gasteiger partial charge on any atom is 0.220 e. The number of allylic oxidation sites excluding steroid dienone is 1. The second-order valence-corrected chi connectivity index (χ2v) is 11.9. The van der Waals surface area contributed by atoms with Gasteiger partial charge in [0.25, 0.3) is 0 Å². The molecule has 0 aliphatic carbocycles. The van der Waals surface area contributed by atoms with E-state index in [9.17, 15) is 15.0 Å². The van der Waals surface area contributed by atoms with E-state index in [2.05, 4.69) is 19.2 Å². The number of aliphatic hydroxyl groups excluding tert-OH is 2. The first-order chi connectivity index (χ1) is 19.2. The van der Waals surface area contributed by atoms with Crippen molar-refractivity contribution in [3.63, 3.8) is 0 Å². The molecule has 2 atom stereocenters. The van der Waals surface area contributed by atoms with Crippen LogP contribution < -0.4 is 5.32 Å². The van der Waals surface area contributed by atoms with Crippen molar-refractivity contribution in [3.8, 4) is 0 Å². The van der Waals surface area contributed by atoms with Gasteiger partial charge in [0.05, 0.1) is 18.8 Å². The van der Waals surface area contributed by atoms with Crippen LogP contribution in [0.4, 0.5) is 0 Å². The zero-order valence-electron chi connectivity index (χ0n) is 26.4. The van der Waals surface area contributed by atoms with E-state index >= 15 is 0 Å². The summed E-state index contributed by atoms with van der Waals surface area (Å²) < 4.78 is 0. The van der Waals surface area contributed by atoms with E-state index in [1.165, 1.54) is 141 Å². The topological polar surface area (TPSA) is 69.6 Å². The summed E-state index contributed by atoms with van der Waals surface area (Å²) in [6.07, 6.45) is 37.1. The Labute approximate surface area is 244 Å². The molecule has 0 unspecified atom stereocenters. The Morgan fingerprint density at radius 1 is 0.590 bits per heavy atom. The lowest BCUT2D eigenvalue weighted by Crippen LogP contribution is -2.45. The summed E-state index contributed by atoms with van der Waals surface area (Å²) in [5.41, 5.74) is 0. The molecule has 39 heavy (non-hydrogen) atoms. The largest absolute Gasteiger partial charge is 0.394 e. The number of unbranched alkanes of at least 4 members (excludes halogenated alkanes) is 24. The molecule has 0 saturated carbocycles. The summed E-state index contributed by atoms with van der Waals surface area (Å²) in [4.78, 5) is 12.3. The molecule has 0 aromatic heterocycles. The third-order valence-corrected chi connectivity index (χ3v) is 8.02. The molecule has 0 rings (SSSR count). The van der Waals surface area contributed by atoms with Crippen molar-refractivity contribution in [2.75, 3.05) is 6.61 Å². The van der Waals surface area contributed by atoms with Crippen LogP contribution in [-0.2, 0) is 4.79 Å². The molecular weight excluding hydrogens is 482 g/mol. The molecule has 3 N–H and O–H groups in total. The normalized spacial score (nSPS) is 13.2. The maximum atomic E-state index is 12.3. The Hall–Kier alpha value is -0.870. The number of rotatable bonds is 31. The lowest BCUT2D eigenvalue weighted by molar-refractivity contribution is -0.123. The first kappa shape index (κ1) is 38.1. The summed E-state index contributed by atoms with van der Waals surface area (Å²) in [5, 5.41) is 22.8. The van der Waals surface area contributed by atoms with Crippen LogP contribution in [0.2, 0.25) is 0 Å². The van der Waals surface area contributed by atoms with Crippen molar-refractivity contribution < 1.29 is 15.0 Å². The molecule has 0 aliphatic rings. The van der Waals surface area contributed by atoms with Crippen LogP contribution in [0.5, 0.6) is 0 Å². The van der Waals surface area contributed by atoms with Gasteiger partial charge in [-0.2, -0.15) is 0 Å². The smallest absolute Gasteiger partial charge is 0.220 e. The average Bonchev–Trinajstić information content (AvgIpc) is 2.94. The molecule has 1 amide bonds. The van der Waals surface area contributed by atoms with Gasteiger partial charge in [-0.3, -0.25) is 4.79 Å². The van der Waals surface area contributed by atoms with Crippen molar-refractivity contribution in [2.24, 2.45) is 0 Å². The molecule has 0 heterocycles. The highest BCUT2D eigenvalue weighted by Gasteiger charge is 2.17. The Morgan fingerprint density at radius 2 is 0.949 bits per heavy atom. The van der Waals surface area contributed by atoms with Crippen molar-refractivity contribution in [2.45, 2.75) is 199 Å². The van der Waals surface area contributed by atoms with Gasteiger partial charge in [-0.15, -0.1) is 0 Å². The van der Waals surface area contributed by atoms with E-state index in [1.807, 2.05) is 6.08 Å². The average molecular weight is 552 g/mol. The Kier molecular flexibility index (Phi) is 30.9. The zero-order valence-corrected chi connectivity index (χ0v) is 26.4. The van der Waals surface area contributed by atoms with Crippen molar-refractivity contribution in [1.82, 2.24) is 5.32 Å². The SMILES string of the molecule is CCCCCCCCCCCCCCC/C=C/[C@@H](O)[C@H](CO)NC(=O)CCCCCCCCCCCCCC. The fraction of sp³-hybridized carbons (Fsp3) is 0.914. The van der Waals surface area contributed by atoms with E-state index in [-0.39, 0.29) is 12.5 Å². The fourth-order valence-corrected chi connectivity index (χ4v) is 5.29. The lowest BCUT2D eigenvalue weighted by atomic mass is 10.0. The molecule has 0 aromatic rings. The van der Waals surface area contributed by atoms with Crippen LogP contribution in [0.25, 0.3) is 0 Å². The molecular formula is C35H69NO3. The van der Waals surface area contributed by atoms with Crippen LogP contribution in [0.1, 0.15) is 187 Å². The first-order valence-corrected chi connectivity index (χ1v) is 17.4. The molecule has 0 saturated heterocycles. The summed E-state index contributed by atoms with van der Waals surface area (Å²) in [6.45, 7) is 4.29. The number of hydrogen-bond donors (Lipinski definition) is 3. The Morgan fingerprint density at radius 3 is 1.33 bits per heavy atom. The van der Waals surface area contributed by atoms with E-state index < -0.39 is 12.1 Å². The number of hydrogen-bond acceptors (Lipinski definition) is 3. The van der Waals surface area contributed by atoms with Crippen LogP contribution in [-0.4, -0.2) is 34.9 Å². The minimum absolute atomic E-state index is 0.0647. The maximum absolute atomic E-state index is 12.3. The predicted molar refractivity (Wildman–Crippen MR) is 170 cm³/mol. The second-order valence-electron chi connectivity index (χ2n) is 11.9. The van der Waals surface area contributed by atoms with Crippen LogP contribution in [0.3, 0.4) is 0 Å². The highest BCUT2D eigenvalue weighted by Crippen LogP contribution is 2.14. The minimum Gasteiger partial charge on any atom is -0.394 e. The van der Waals surface area contributed by atoms with Crippen LogP contribution >= 0.6 is 0 Å². The Balaban J connectivity index is 3.62. The minimum atomic E-state index is -0.831. The highest BCUT2D eigenvalue weighted by atomic mass is 16.3. The second kappa shape index (κ2) is 31.7. The van der Waals surface area contributed by atoms with Gasteiger partial charge in [0.1, 0.15) is 0 Å². The molecule has 0 spiro atoms. The number of amides is 1. The summed E-state index contributed by atoms with van der Waals surface area (Å²) in [6, 6.07) is -0.613. The van der Waals surface area contributed by atoms with Gasteiger partial charge in [0, 0.05) is 6.42 Å². The van der Waals surface area contributed by atoms with E-state index in [1.54, 1.807) is 6.08 Å². The third-order valence-electron chi connectivity index (χ3n) is 8.02. The third kappa shape index (κ3) is 28.5. The van der Waals surface area contributed by atoms with Gasteiger partial charge in [-0.25, -0.2) is 0 Å². The molecule has 4 nitrogen and oxygen atoms in total. The monoisotopic (exact) mass is 552 g/mol. The van der Waals surface area contributed by atoms with Gasteiger partial charge in [0.15, 0.2) is 0 Å². The molecule has 4 heteroatoms. The fourth-order valence-electron chi connectivity index (χ4n) is 5.29.